The molecule has 2 nitrogen and oxygen atoms in total. The van der Waals surface area contributed by atoms with E-state index < -0.39 is 0 Å². The number of pyridine rings is 1. The van der Waals surface area contributed by atoms with Gasteiger partial charge in [-0.15, -0.1) is 0 Å². The minimum Gasteiger partial charge on any atom is -0.381 e. The zero-order valence-corrected chi connectivity index (χ0v) is 13.5. The normalized spacial score (nSPS) is 15.9. The van der Waals surface area contributed by atoms with Crippen molar-refractivity contribution in [3.05, 3.63) is 65.9 Å². The van der Waals surface area contributed by atoms with Crippen molar-refractivity contribution in [2.45, 2.75) is 25.7 Å². The van der Waals surface area contributed by atoms with Crippen LogP contribution in [-0.4, -0.2) is 18.2 Å². The second kappa shape index (κ2) is 6.13. The Hall–Kier alpha value is -2.19. The molecule has 3 aromatic rings. The lowest BCUT2D eigenvalue weighted by Gasteiger charge is -2.23. The summed E-state index contributed by atoms with van der Waals surface area (Å²) in [4.78, 5) is 4.68. The van der Waals surface area contributed by atoms with Crippen LogP contribution in [0, 0.1) is 6.92 Å². The molecule has 1 aromatic heterocycles. The van der Waals surface area contributed by atoms with E-state index in [0.717, 1.165) is 31.7 Å². The fraction of sp³-hybridized carbons (Fsp3) is 0.286. The smallest absolute Gasteiger partial charge is 0.0780 e. The molecule has 2 aromatic carbocycles. The summed E-state index contributed by atoms with van der Waals surface area (Å²) >= 11 is 0. The van der Waals surface area contributed by atoms with Gasteiger partial charge in [0, 0.05) is 30.4 Å². The van der Waals surface area contributed by atoms with Crippen molar-refractivity contribution in [2.24, 2.45) is 0 Å². The average Bonchev–Trinajstić information content (AvgIpc) is 2.61. The van der Waals surface area contributed by atoms with Gasteiger partial charge in [-0.3, -0.25) is 4.98 Å². The number of nitrogens with zero attached hydrogens (tertiary/aromatic N) is 1. The predicted molar refractivity (Wildman–Crippen MR) is 94.7 cm³/mol. The van der Waals surface area contributed by atoms with Crippen LogP contribution in [0.15, 0.2) is 54.7 Å². The third kappa shape index (κ3) is 2.87. The first-order valence-corrected chi connectivity index (χ1v) is 8.35. The Bertz CT molecular complexity index is 829. The third-order valence-electron chi connectivity index (χ3n) is 4.74. The number of ether oxygens (including phenoxy) is 1. The van der Waals surface area contributed by atoms with Crippen molar-refractivity contribution in [2.75, 3.05) is 13.2 Å². The van der Waals surface area contributed by atoms with Gasteiger partial charge in [0.15, 0.2) is 0 Å². The van der Waals surface area contributed by atoms with Crippen LogP contribution in [-0.2, 0) is 4.74 Å². The van der Waals surface area contributed by atoms with Crippen LogP contribution in [0.25, 0.3) is 22.0 Å². The lowest BCUT2D eigenvalue weighted by molar-refractivity contribution is 0.0853. The molecule has 0 unspecified atom stereocenters. The van der Waals surface area contributed by atoms with E-state index in [0.29, 0.717) is 5.92 Å². The van der Waals surface area contributed by atoms with E-state index in [1.165, 1.54) is 27.5 Å². The van der Waals surface area contributed by atoms with E-state index in [9.17, 15) is 0 Å². The van der Waals surface area contributed by atoms with Crippen molar-refractivity contribution < 1.29 is 4.74 Å². The molecule has 116 valence electrons. The van der Waals surface area contributed by atoms with Crippen molar-refractivity contribution in [1.29, 1.82) is 0 Å². The number of fused-ring (bicyclic) bond motifs is 1. The topological polar surface area (TPSA) is 22.1 Å². The van der Waals surface area contributed by atoms with Gasteiger partial charge < -0.3 is 4.74 Å². The minimum atomic E-state index is 0.609. The van der Waals surface area contributed by atoms with Crippen LogP contribution in [0.2, 0.25) is 0 Å². The van der Waals surface area contributed by atoms with Gasteiger partial charge in [-0.2, -0.15) is 0 Å². The molecular formula is C21H21NO. The van der Waals surface area contributed by atoms with Gasteiger partial charge >= 0.3 is 0 Å². The zero-order chi connectivity index (χ0) is 15.6. The van der Waals surface area contributed by atoms with Crippen LogP contribution >= 0.6 is 0 Å². The Balaban J connectivity index is 1.83. The third-order valence-corrected chi connectivity index (χ3v) is 4.74. The van der Waals surface area contributed by atoms with E-state index in [-0.39, 0.29) is 0 Å². The van der Waals surface area contributed by atoms with Crippen LogP contribution in [0.3, 0.4) is 0 Å². The van der Waals surface area contributed by atoms with Gasteiger partial charge in [0.05, 0.1) is 5.69 Å². The largest absolute Gasteiger partial charge is 0.381 e. The number of hydrogen-bond acceptors (Lipinski definition) is 2. The summed E-state index contributed by atoms with van der Waals surface area (Å²) in [6.45, 7) is 3.93. The number of aromatic nitrogens is 1. The molecule has 2 heteroatoms. The number of hydrogen-bond donors (Lipinski definition) is 0. The summed E-state index contributed by atoms with van der Waals surface area (Å²) < 4.78 is 5.51. The molecule has 4 rings (SSSR count). The van der Waals surface area contributed by atoms with E-state index in [1.54, 1.807) is 0 Å². The predicted octanol–water partition coefficient (Wildman–Crippen LogP) is 5.10. The monoisotopic (exact) mass is 303 g/mol. The van der Waals surface area contributed by atoms with E-state index in [4.69, 9.17) is 4.74 Å². The molecule has 1 fully saturated rings. The van der Waals surface area contributed by atoms with Gasteiger partial charge in [-0.25, -0.2) is 0 Å². The molecule has 0 amide bonds. The highest BCUT2D eigenvalue weighted by Gasteiger charge is 2.17. The fourth-order valence-corrected chi connectivity index (χ4v) is 3.57. The highest BCUT2D eigenvalue weighted by molar-refractivity contribution is 5.94. The quantitative estimate of drug-likeness (QED) is 0.656. The molecule has 0 N–H and O–H groups in total. The highest BCUT2D eigenvalue weighted by Crippen LogP contribution is 2.33. The molecule has 1 aliphatic rings. The molecule has 1 aliphatic heterocycles. The molecule has 0 spiro atoms. The van der Waals surface area contributed by atoms with Crippen LogP contribution in [0.4, 0.5) is 0 Å². The summed E-state index contributed by atoms with van der Waals surface area (Å²) in [5, 5.41) is 2.46. The first-order valence-electron chi connectivity index (χ1n) is 8.35. The molecule has 2 heterocycles. The molecule has 0 bridgehead atoms. The molecule has 1 saturated heterocycles. The van der Waals surface area contributed by atoms with E-state index in [2.05, 4.69) is 60.4 Å². The Kier molecular flexibility index (Phi) is 3.84. The van der Waals surface area contributed by atoms with Gasteiger partial charge in [0.2, 0.25) is 0 Å². The first kappa shape index (κ1) is 14.4. The van der Waals surface area contributed by atoms with Gasteiger partial charge in [-0.1, -0.05) is 35.9 Å². The minimum absolute atomic E-state index is 0.609. The van der Waals surface area contributed by atoms with Crippen molar-refractivity contribution in [3.63, 3.8) is 0 Å². The Labute approximate surface area is 137 Å². The molecular weight excluding hydrogens is 282 g/mol. The molecule has 23 heavy (non-hydrogen) atoms. The SMILES string of the molecule is Cc1cc(-c2nccc3ccccc23)cc(C2CCOCC2)c1. The fourth-order valence-electron chi connectivity index (χ4n) is 3.57. The lowest BCUT2D eigenvalue weighted by Crippen LogP contribution is -2.14. The summed E-state index contributed by atoms with van der Waals surface area (Å²) in [5.74, 6) is 0.609. The highest BCUT2D eigenvalue weighted by atomic mass is 16.5. The maximum Gasteiger partial charge on any atom is 0.0780 e. The van der Waals surface area contributed by atoms with Crippen molar-refractivity contribution in [3.8, 4) is 11.3 Å². The van der Waals surface area contributed by atoms with E-state index in [1.807, 2.05) is 6.20 Å². The molecule has 0 radical (unpaired) electrons. The Morgan fingerprint density at radius 2 is 1.83 bits per heavy atom. The molecule has 0 saturated carbocycles. The average molecular weight is 303 g/mol. The van der Waals surface area contributed by atoms with E-state index >= 15 is 0 Å². The lowest BCUT2D eigenvalue weighted by atomic mass is 9.88. The van der Waals surface area contributed by atoms with Gasteiger partial charge in [0.1, 0.15) is 0 Å². The maximum absolute atomic E-state index is 5.51. The van der Waals surface area contributed by atoms with Crippen LogP contribution < -0.4 is 0 Å². The number of rotatable bonds is 2. The Morgan fingerprint density at radius 3 is 2.70 bits per heavy atom. The van der Waals surface area contributed by atoms with Gasteiger partial charge in [-0.05, 0) is 54.8 Å². The summed E-state index contributed by atoms with van der Waals surface area (Å²) in [5.41, 5.74) is 5.04. The maximum atomic E-state index is 5.51. The van der Waals surface area contributed by atoms with Crippen LogP contribution in [0.1, 0.15) is 29.9 Å². The van der Waals surface area contributed by atoms with Crippen molar-refractivity contribution in [1.82, 2.24) is 4.98 Å². The molecule has 0 aliphatic carbocycles. The summed E-state index contributed by atoms with van der Waals surface area (Å²) in [7, 11) is 0. The Morgan fingerprint density at radius 1 is 1.00 bits per heavy atom. The number of aryl methyl sites for hydroxylation is 1. The summed E-state index contributed by atoms with van der Waals surface area (Å²) in [6.07, 6.45) is 4.14. The standard InChI is InChI=1S/C21H21NO/c1-15-12-18(16-7-10-23-11-8-16)14-19(13-15)21-20-5-3-2-4-17(20)6-9-22-21/h2-6,9,12-14,16H,7-8,10-11H2,1H3. The summed E-state index contributed by atoms with van der Waals surface area (Å²) in [6, 6.07) is 17.5. The van der Waals surface area contributed by atoms with Crippen LogP contribution in [0.5, 0.6) is 0 Å². The molecule has 0 atom stereocenters. The van der Waals surface area contributed by atoms with Gasteiger partial charge in [0.25, 0.3) is 0 Å². The zero-order valence-electron chi connectivity index (χ0n) is 13.5. The first-order chi connectivity index (χ1) is 11.3. The van der Waals surface area contributed by atoms with Crippen molar-refractivity contribution >= 4 is 10.8 Å². The number of benzene rings is 2. The second-order valence-electron chi connectivity index (χ2n) is 6.40. The second-order valence-corrected chi connectivity index (χ2v) is 6.40.